The van der Waals surface area contributed by atoms with Gasteiger partial charge in [-0.15, -0.1) is 0 Å². The molecule has 0 spiro atoms. The van der Waals surface area contributed by atoms with Crippen LogP contribution in [0.5, 0.6) is 0 Å². The molecule has 2 N–H and O–H groups in total. The molecule has 26 heavy (non-hydrogen) atoms. The van der Waals surface area contributed by atoms with Crippen LogP contribution in [0.2, 0.25) is 0 Å². The minimum Gasteiger partial charge on any atom is -0.376 e. The number of fused-ring (bicyclic) bond motifs is 1. The smallest absolute Gasteiger partial charge is 0.250 e. The number of benzene rings is 2. The number of amides is 2. The number of para-hydroxylation sites is 1. The average molecular weight is 353 g/mol. The van der Waals surface area contributed by atoms with E-state index in [1.54, 1.807) is 12.1 Å². The number of hydrogen-bond donors (Lipinski definition) is 2. The maximum atomic E-state index is 12.7. The molecule has 1 heterocycles. The minimum atomic E-state index is -0.219. The van der Waals surface area contributed by atoms with Gasteiger partial charge in [-0.1, -0.05) is 24.3 Å². The van der Waals surface area contributed by atoms with Crippen molar-refractivity contribution in [1.29, 1.82) is 0 Å². The van der Waals surface area contributed by atoms with Crippen LogP contribution < -0.4 is 15.5 Å². The average Bonchev–Trinajstić information content (AvgIpc) is 2.96. The van der Waals surface area contributed by atoms with Crippen molar-refractivity contribution in [1.82, 2.24) is 0 Å². The fraction of sp³-hybridized carbons (Fsp3) is 0.300. The Balaban J connectivity index is 1.62. The summed E-state index contributed by atoms with van der Waals surface area (Å²) in [5.41, 5.74) is 3.63. The molecule has 1 atom stereocenters. The Hall–Kier alpha value is -2.86. The van der Waals surface area contributed by atoms with Gasteiger partial charge in [0.05, 0.1) is 6.54 Å². The van der Waals surface area contributed by atoms with Crippen molar-refractivity contribution in [3.8, 4) is 0 Å². The van der Waals surface area contributed by atoms with Gasteiger partial charge < -0.3 is 20.3 Å². The van der Waals surface area contributed by atoms with E-state index >= 15 is 0 Å². The van der Waals surface area contributed by atoms with Crippen molar-refractivity contribution >= 4 is 28.9 Å². The summed E-state index contributed by atoms with van der Waals surface area (Å²) in [6, 6.07) is 15.4. The Morgan fingerprint density at radius 1 is 1.15 bits per heavy atom. The normalized spacial score (nSPS) is 15.5. The van der Waals surface area contributed by atoms with Crippen LogP contribution in [0.25, 0.3) is 0 Å². The standard InChI is InChI=1S/C20H23N3O3/c1-14-10-15-6-3-4-9-18(15)23(14)20(25)12-21-16-7-5-8-17(11-16)22-19(24)13-26-2/h3-9,11,14,21H,10,12-13H2,1-2H3,(H,22,24). The Kier molecular flexibility index (Phi) is 5.53. The first kappa shape index (κ1) is 17.9. The molecule has 0 fully saturated rings. The van der Waals surface area contributed by atoms with Gasteiger partial charge in [0.2, 0.25) is 11.8 Å². The molecule has 0 saturated carbocycles. The van der Waals surface area contributed by atoms with Gasteiger partial charge in [0.1, 0.15) is 6.61 Å². The summed E-state index contributed by atoms with van der Waals surface area (Å²) in [7, 11) is 1.47. The van der Waals surface area contributed by atoms with Gasteiger partial charge in [-0.2, -0.15) is 0 Å². The molecular weight excluding hydrogens is 330 g/mol. The monoisotopic (exact) mass is 353 g/mol. The number of rotatable bonds is 6. The summed E-state index contributed by atoms with van der Waals surface area (Å²) in [5, 5.41) is 5.89. The second kappa shape index (κ2) is 8.01. The van der Waals surface area contributed by atoms with Crippen LogP contribution in [0.4, 0.5) is 17.1 Å². The molecule has 1 unspecified atom stereocenters. The number of hydrogen-bond acceptors (Lipinski definition) is 4. The maximum Gasteiger partial charge on any atom is 0.250 e. The molecule has 0 radical (unpaired) electrons. The summed E-state index contributed by atoms with van der Waals surface area (Å²) in [6.45, 7) is 2.25. The highest BCUT2D eigenvalue weighted by Crippen LogP contribution is 2.31. The van der Waals surface area contributed by atoms with Crippen molar-refractivity contribution in [2.75, 3.05) is 35.8 Å². The van der Waals surface area contributed by atoms with Crippen LogP contribution in [0.3, 0.4) is 0 Å². The molecule has 3 rings (SSSR count). The first-order chi connectivity index (χ1) is 12.6. The summed E-state index contributed by atoms with van der Waals surface area (Å²) in [6.07, 6.45) is 0.878. The van der Waals surface area contributed by atoms with Crippen molar-refractivity contribution in [2.45, 2.75) is 19.4 Å². The summed E-state index contributed by atoms with van der Waals surface area (Å²) >= 11 is 0. The lowest BCUT2D eigenvalue weighted by Gasteiger charge is -2.23. The molecule has 0 saturated heterocycles. The van der Waals surface area contributed by atoms with E-state index < -0.39 is 0 Å². The Morgan fingerprint density at radius 2 is 1.92 bits per heavy atom. The van der Waals surface area contributed by atoms with E-state index in [9.17, 15) is 9.59 Å². The van der Waals surface area contributed by atoms with Crippen LogP contribution in [-0.2, 0) is 20.7 Å². The zero-order chi connectivity index (χ0) is 18.5. The third kappa shape index (κ3) is 4.03. The number of methoxy groups -OCH3 is 1. The molecule has 0 aromatic heterocycles. The number of ether oxygens (including phenoxy) is 1. The zero-order valence-corrected chi connectivity index (χ0v) is 15.0. The highest BCUT2D eigenvalue weighted by molar-refractivity contribution is 5.98. The Bertz CT molecular complexity index is 806. The number of anilines is 3. The van der Waals surface area contributed by atoms with Gasteiger partial charge in [-0.05, 0) is 43.2 Å². The van der Waals surface area contributed by atoms with E-state index in [4.69, 9.17) is 4.74 Å². The maximum absolute atomic E-state index is 12.7. The second-order valence-electron chi connectivity index (χ2n) is 6.36. The van der Waals surface area contributed by atoms with Gasteiger partial charge in [0, 0.05) is 30.2 Å². The molecule has 0 bridgehead atoms. The first-order valence-electron chi connectivity index (χ1n) is 8.61. The predicted octanol–water partition coefficient (Wildman–Crippen LogP) is 2.66. The van der Waals surface area contributed by atoms with Gasteiger partial charge in [-0.3, -0.25) is 9.59 Å². The minimum absolute atomic E-state index is 0.00238. The lowest BCUT2D eigenvalue weighted by atomic mass is 10.1. The van der Waals surface area contributed by atoms with Crippen LogP contribution in [0, 0.1) is 0 Å². The van der Waals surface area contributed by atoms with Gasteiger partial charge in [0.15, 0.2) is 0 Å². The zero-order valence-electron chi connectivity index (χ0n) is 15.0. The van der Waals surface area contributed by atoms with Crippen LogP contribution in [0.15, 0.2) is 48.5 Å². The number of nitrogens with one attached hydrogen (secondary N) is 2. The summed E-state index contributed by atoms with van der Waals surface area (Å²) in [5.74, 6) is -0.195. The highest BCUT2D eigenvalue weighted by atomic mass is 16.5. The van der Waals surface area contributed by atoms with Crippen molar-refractivity contribution < 1.29 is 14.3 Å². The second-order valence-corrected chi connectivity index (χ2v) is 6.36. The van der Waals surface area contributed by atoms with Crippen LogP contribution >= 0.6 is 0 Å². The fourth-order valence-corrected chi connectivity index (χ4v) is 3.24. The lowest BCUT2D eigenvalue weighted by molar-refractivity contribution is -0.119. The van der Waals surface area contributed by atoms with Crippen molar-refractivity contribution in [3.63, 3.8) is 0 Å². The van der Waals surface area contributed by atoms with Gasteiger partial charge >= 0.3 is 0 Å². The lowest BCUT2D eigenvalue weighted by Crippen LogP contribution is -2.39. The molecule has 2 aromatic carbocycles. The van der Waals surface area contributed by atoms with E-state index in [1.165, 1.54) is 12.7 Å². The molecule has 1 aliphatic heterocycles. The van der Waals surface area contributed by atoms with Gasteiger partial charge in [0.25, 0.3) is 0 Å². The van der Waals surface area contributed by atoms with E-state index in [0.29, 0.717) is 5.69 Å². The van der Waals surface area contributed by atoms with Crippen molar-refractivity contribution in [3.05, 3.63) is 54.1 Å². The summed E-state index contributed by atoms with van der Waals surface area (Å²) in [4.78, 5) is 26.2. The summed E-state index contributed by atoms with van der Waals surface area (Å²) < 4.78 is 4.80. The molecule has 136 valence electrons. The Labute approximate surface area is 153 Å². The molecule has 0 aliphatic carbocycles. The van der Waals surface area contributed by atoms with E-state index in [-0.39, 0.29) is 31.0 Å². The quantitative estimate of drug-likeness (QED) is 0.838. The third-order valence-electron chi connectivity index (χ3n) is 4.34. The molecule has 2 aromatic rings. The van der Waals surface area contributed by atoms with E-state index in [2.05, 4.69) is 23.6 Å². The third-order valence-corrected chi connectivity index (χ3v) is 4.34. The molecule has 2 amide bonds. The molecule has 6 nitrogen and oxygen atoms in total. The largest absolute Gasteiger partial charge is 0.376 e. The van der Waals surface area contributed by atoms with Crippen LogP contribution in [0.1, 0.15) is 12.5 Å². The van der Waals surface area contributed by atoms with E-state index in [0.717, 1.165) is 17.8 Å². The molecule has 6 heteroatoms. The molecule has 1 aliphatic rings. The topological polar surface area (TPSA) is 70.7 Å². The number of carbonyl (C=O) groups is 2. The fourth-order valence-electron chi connectivity index (χ4n) is 3.24. The van der Waals surface area contributed by atoms with Gasteiger partial charge in [-0.25, -0.2) is 0 Å². The van der Waals surface area contributed by atoms with E-state index in [1.807, 2.05) is 35.2 Å². The Morgan fingerprint density at radius 3 is 2.73 bits per heavy atom. The highest BCUT2D eigenvalue weighted by Gasteiger charge is 2.30. The van der Waals surface area contributed by atoms with Crippen molar-refractivity contribution in [2.24, 2.45) is 0 Å². The SMILES string of the molecule is COCC(=O)Nc1cccc(NCC(=O)N2c3ccccc3CC2C)c1. The van der Waals surface area contributed by atoms with Crippen LogP contribution in [-0.4, -0.2) is 38.1 Å². The number of nitrogens with zero attached hydrogens (tertiary/aromatic N) is 1. The number of carbonyl (C=O) groups excluding carboxylic acids is 2. The first-order valence-corrected chi connectivity index (χ1v) is 8.61. The predicted molar refractivity (Wildman–Crippen MR) is 103 cm³/mol. The molecular formula is C20H23N3O3.